The van der Waals surface area contributed by atoms with E-state index >= 15 is 4.39 Å². The van der Waals surface area contributed by atoms with E-state index < -0.39 is 0 Å². The van der Waals surface area contributed by atoms with Gasteiger partial charge in [0.15, 0.2) is 5.78 Å². The molecule has 2 saturated heterocycles. The van der Waals surface area contributed by atoms with Gasteiger partial charge in [0.25, 0.3) is 0 Å². The molecule has 0 N–H and O–H groups in total. The number of ether oxygens (including phenoxy) is 1. The Morgan fingerprint density at radius 1 is 1.03 bits per heavy atom. The van der Waals surface area contributed by atoms with Crippen LogP contribution in [0.5, 0.6) is 0 Å². The van der Waals surface area contributed by atoms with E-state index in [0.717, 1.165) is 62.4 Å². The quantitative estimate of drug-likeness (QED) is 0.343. The lowest BCUT2D eigenvalue weighted by atomic mass is 9.90. The van der Waals surface area contributed by atoms with E-state index in [4.69, 9.17) is 4.74 Å². The summed E-state index contributed by atoms with van der Waals surface area (Å²) in [5, 5.41) is 0. The Morgan fingerprint density at radius 2 is 1.86 bits per heavy atom. The van der Waals surface area contributed by atoms with E-state index in [1.807, 2.05) is 37.3 Å². The average molecular weight is 490 g/mol. The Morgan fingerprint density at radius 3 is 2.61 bits per heavy atom. The lowest BCUT2D eigenvalue weighted by Gasteiger charge is -2.22. The Kier molecular flexibility index (Phi) is 8.21. The average Bonchev–Trinajstić information content (AvgIpc) is 3.66. The number of hydrogen-bond donors (Lipinski definition) is 0. The number of Topliss-reactive ketones (excluding diaryl/α,β-unsaturated/α-hetero) is 1. The lowest BCUT2D eigenvalue weighted by molar-refractivity contribution is 0.0992. The third-order valence-corrected chi connectivity index (χ3v) is 8.55. The summed E-state index contributed by atoms with van der Waals surface area (Å²) in [7, 11) is 0. The second-order valence-corrected chi connectivity index (χ2v) is 11.0. The number of allylic oxidation sites excluding steroid dienone is 1. The van der Waals surface area contributed by atoms with Crippen LogP contribution in [0.2, 0.25) is 0 Å². The van der Waals surface area contributed by atoms with Crippen molar-refractivity contribution < 1.29 is 13.9 Å². The molecule has 1 saturated carbocycles. The second kappa shape index (κ2) is 11.7. The maximum absolute atomic E-state index is 15.2. The highest BCUT2D eigenvalue weighted by molar-refractivity contribution is 6.00. The summed E-state index contributed by atoms with van der Waals surface area (Å²) in [6.45, 7) is 4.74. The molecule has 2 heterocycles. The van der Waals surface area contributed by atoms with Crippen molar-refractivity contribution in [3.05, 3.63) is 70.5 Å². The van der Waals surface area contributed by atoms with Crippen molar-refractivity contribution in [2.75, 3.05) is 24.6 Å². The number of halogens is 1. The molecule has 192 valence electrons. The smallest absolute Gasteiger partial charge is 0.167 e. The molecule has 36 heavy (non-hydrogen) atoms. The number of rotatable bonds is 9. The first-order chi connectivity index (χ1) is 17.6. The molecule has 1 aliphatic carbocycles. The Hall–Kier alpha value is -2.46. The van der Waals surface area contributed by atoms with Crippen LogP contribution in [0.3, 0.4) is 0 Å². The van der Waals surface area contributed by atoms with Gasteiger partial charge in [-0.15, -0.1) is 0 Å². The fourth-order valence-electron chi connectivity index (χ4n) is 6.56. The standard InChI is InChI=1S/C32H40FNO2/c1-2-6-26-19-23(10-13-28-9-5-18-36-28)11-14-29(26)32(35)21-24-12-15-31(30(33)20-24)34-17-16-27(22-34)25-7-3-4-8-25/h2,6,11-12,14-15,19-20,25,27-28H,3-5,7-10,13,16-18,21-22H2,1H3/b6-2-/t27-,28-/m1/s1. The summed E-state index contributed by atoms with van der Waals surface area (Å²) < 4.78 is 20.9. The predicted octanol–water partition coefficient (Wildman–Crippen LogP) is 7.41. The zero-order valence-electron chi connectivity index (χ0n) is 21.7. The van der Waals surface area contributed by atoms with E-state index in [9.17, 15) is 4.79 Å². The van der Waals surface area contributed by atoms with Crippen LogP contribution in [0.4, 0.5) is 10.1 Å². The monoisotopic (exact) mass is 489 g/mol. The first kappa shape index (κ1) is 25.2. The van der Waals surface area contributed by atoms with Gasteiger partial charge in [-0.3, -0.25) is 4.79 Å². The van der Waals surface area contributed by atoms with Crippen molar-refractivity contribution in [1.82, 2.24) is 0 Å². The summed E-state index contributed by atoms with van der Waals surface area (Å²) in [6.07, 6.45) is 15.4. The number of carbonyl (C=O) groups is 1. The highest BCUT2D eigenvalue weighted by atomic mass is 19.1. The van der Waals surface area contributed by atoms with Crippen LogP contribution in [0.1, 0.15) is 85.3 Å². The van der Waals surface area contributed by atoms with Crippen LogP contribution in [0, 0.1) is 17.7 Å². The predicted molar refractivity (Wildman–Crippen MR) is 145 cm³/mol. The molecule has 0 spiro atoms. The first-order valence-corrected chi connectivity index (χ1v) is 14.0. The van der Waals surface area contributed by atoms with E-state index in [0.29, 0.717) is 23.3 Å². The third-order valence-electron chi connectivity index (χ3n) is 8.55. The van der Waals surface area contributed by atoms with E-state index in [1.165, 1.54) is 37.7 Å². The van der Waals surface area contributed by atoms with Gasteiger partial charge in [-0.1, -0.05) is 62.1 Å². The van der Waals surface area contributed by atoms with E-state index in [-0.39, 0.29) is 18.0 Å². The summed E-state index contributed by atoms with van der Waals surface area (Å²) in [5.74, 6) is 1.35. The molecule has 0 radical (unpaired) electrons. The summed E-state index contributed by atoms with van der Waals surface area (Å²) in [5.41, 5.74) is 4.31. The molecule has 0 unspecified atom stereocenters. The fourth-order valence-corrected chi connectivity index (χ4v) is 6.56. The van der Waals surface area contributed by atoms with Crippen molar-refractivity contribution in [2.24, 2.45) is 11.8 Å². The molecule has 5 rings (SSSR count). The zero-order chi connectivity index (χ0) is 24.9. The minimum Gasteiger partial charge on any atom is -0.378 e. The van der Waals surface area contributed by atoms with Gasteiger partial charge in [-0.05, 0) is 79.7 Å². The third kappa shape index (κ3) is 5.91. The summed E-state index contributed by atoms with van der Waals surface area (Å²) in [6, 6.07) is 11.5. The Bertz CT molecular complexity index is 1080. The number of carbonyl (C=O) groups excluding carboxylic acids is 1. The molecule has 0 amide bonds. The lowest BCUT2D eigenvalue weighted by Crippen LogP contribution is -2.23. The van der Waals surface area contributed by atoms with Crippen molar-refractivity contribution in [1.29, 1.82) is 0 Å². The van der Waals surface area contributed by atoms with Gasteiger partial charge in [0, 0.05) is 31.7 Å². The SMILES string of the molecule is C/C=C\c1cc(CC[C@H]2CCCO2)ccc1C(=O)Cc1ccc(N2CC[C@@H](C3CCCC3)C2)c(F)c1. The second-order valence-electron chi connectivity index (χ2n) is 11.0. The zero-order valence-corrected chi connectivity index (χ0v) is 21.7. The molecule has 3 fully saturated rings. The van der Waals surface area contributed by atoms with Crippen LogP contribution < -0.4 is 4.90 Å². The number of aryl methyl sites for hydroxylation is 1. The van der Waals surface area contributed by atoms with Gasteiger partial charge in [0.05, 0.1) is 11.8 Å². The topological polar surface area (TPSA) is 29.5 Å². The van der Waals surface area contributed by atoms with Gasteiger partial charge < -0.3 is 9.64 Å². The van der Waals surface area contributed by atoms with Crippen molar-refractivity contribution in [2.45, 2.75) is 77.2 Å². The Labute approximate surface area is 215 Å². The van der Waals surface area contributed by atoms with E-state index in [2.05, 4.69) is 17.0 Å². The normalized spacial score (nSPS) is 22.8. The van der Waals surface area contributed by atoms with Crippen molar-refractivity contribution in [3.63, 3.8) is 0 Å². The maximum atomic E-state index is 15.2. The number of hydrogen-bond acceptors (Lipinski definition) is 3. The molecule has 2 aromatic carbocycles. The molecular formula is C32H40FNO2. The van der Waals surface area contributed by atoms with Crippen molar-refractivity contribution in [3.8, 4) is 0 Å². The van der Waals surface area contributed by atoms with Gasteiger partial charge in [-0.2, -0.15) is 0 Å². The molecule has 2 aliphatic heterocycles. The van der Waals surface area contributed by atoms with Crippen LogP contribution in [0.25, 0.3) is 6.08 Å². The van der Waals surface area contributed by atoms with Crippen LogP contribution in [-0.2, 0) is 17.6 Å². The van der Waals surface area contributed by atoms with Crippen LogP contribution in [0.15, 0.2) is 42.5 Å². The summed E-state index contributed by atoms with van der Waals surface area (Å²) >= 11 is 0. The van der Waals surface area contributed by atoms with Gasteiger partial charge in [0.1, 0.15) is 5.82 Å². The number of anilines is 1. The van der Waals surface area contributed by atoms with Gasteiger partial charge in [0.2, 0.25) is 0 Å². The molecule has 3 aliphatic rings. The first-order valence-electron chi connectivity index (χ1n) is 14.0. The largest absolute Gasteiger partial charge is 0.378 e. The Balaban J connectivity index is 1.23. The minimum atomic E-state index is -0.203. The molecule has 0 bridgehead atoms. The number of nitrogens with zero attached hydrogens (tertiary/aromatic N) is 1. The molecule has 2 atom stereocenters. The molecule has 3 nitrogen and oxygen atoms in total. The van der Waals surface area contributed by atoms with Gasteiger partial charge >= 0.3 is 0 Å². The fraction of sp³-hybridized carbons (Fsp3) is 0.531. The number of ketones is 1. The summed E-state index contributed by atoms with van der Waals surface area (Å²) in [4.78, 5) is 15.5. The minimum absolute atomic E-state index is 0.0309. The number of benzene rings is 2. The molecule has 4 heteroatoms. The van der Waals surface area contributed by atoms with E-state index in [1.54, 1.807) is 6.07 Å². The van der Waals surface area contributed by atoms with Crippen LogP contribution in [-0.4, -0.2) is 31.6 Å². The molecule has 2 aromatic rings. The molecular weight excluding hydrogens is 449 g/mol. The molecule has 0 aromatic heterocycles. The van der Waals surface area contributed by atoms with Gasteiger partial charge in [-0.25, -0.2) is 4.39 Å². The van der Waals surface area contributed by atoms with Crippen LogP contribution >= 0.6 is 0 Å². The van der Waals surface area contributed by atoms with Crippen molar-refractivity contribution >= 4 is 17.5 Å². The maximum Gasteiger partial charge on any atom is 0.167 e. The highest BCUT2D eigenvalue weighted by Gasteiger charge is 2.32. The highest BCUT2D eigenvalue weighted by Crippen LogP contribution is 2.38.